The first-order chi connectivity index (χ1) is 24.2. The number of nitrogens with zero attached hydrogens (tertiary/aromatic N) is 2. The quantitative estimate of drug-likeness (QED) is 0.142. The Hall–Kier alpha value is -6.30. The number of rotatable bonds is 6. The van der Waals surface area contributed by atoms with Crippen molar-refractivity contribution < 1.29 is 10.1 Å². The van der Waals surface area contributed by atoms with Crippen molar-refractivity contribution in [3.63, 3.8) is 0 Å². The molecule has 9 rings (SSSR count). The lowest BCUT2D eigenvalue weighted by Crippen LogP contribution is -2.77. The van der Waals surface area contributed by atoms with Crippen molar-refractivity contribution in [3.05, 3.63) is 186 Å². The van der Waals surface area contributed by atoms with Gasteiger partial charge < -0.3 is 9.64 Å². The maximum Gasteiger partial charge on any atom is 0.162 e. The topological polar surface area (TPSA) is 65.3 Å². The maximum atomic E-state index is 9.45. The third-order valence-corrected chi connectivity index (χ3v) is 9.60. The van der Waals surface area contributed by atoms with Crippen LogP contribution in [0.3, 0.4) is 0 Å². The van der Waals surface area contributed by atoms with Gasteiger partial charge in [-0.1, -0.05) is 109 Å². The van der Waals surface area contributed by atoms with E-state index in [1.807, 2.05) is 35.9 Å². The Morgan fingerprint density at radius 1 is 0.694 bits per heavy atom. The van der Waals surface area contributed by atoms with Gasteiger partial charge in [0.25, 0.3) is 0 Å². The minimum Gasteiger partial charge on any atom is -0.485 e. The average molecular weight is 634 g/mol. The Morgan fingerprint density at radius 2 is 1.39 bits per heavy atom. The second kappa shape index (κ2) is 12.1. The van der Waals surface area contributed by atoms with E-state index in [4.69, 9.17) is 4.74 Å². The molecule has 6 aromatic rings. The number of ether oxygens (including phenoxy) is 1. The number of aliphatic imine (C=N–C) groups is 1. The van der Waals surface area contributed by atoms with Crippen molar-refractivity contribution in [1.29, 1.82) is 5.41 Å². The Labute approximate surface area is 285 Å². The summed E-state index contributed by atoms with van der Waals surface area (Å²) in [7, 11) is 0. The molecule has 3 aliphatic rings. The van der Waals surface area contributed by atoms with Crippen LogP contribution >= 0.6 is 0 Å². The fourth-order valence-corrected chi connectivity index (χ4v) is 7.30. The normalized spacial score (nSPS) is 18.3. The number of nitrogens with two attached hydrogens (primary N) is 1. The molecule has 6 aromatic carbocycles. The molecule has 2 atom stereocenters. The molecule has 0 fully saturated rings. The van der Waals surface area contributed by atoms with Crippen molar-refractivity contribution in [2.45, 2.75) is 12.0 Å². The van der Waals surface area contributed by atoms with Crippen molar-refractivity contribution in [2.24, 2.45) is 4.99 Å². The summed E-state index contributed by atoms with van der Waals surface area (Å²) in [5.41, 5.74) is 8.41. The molecule has 0 amide bonds. The highest BCUT2D eigenvalue weighted by Crippen LogP contribution is 2.48. The van der Waals surface area contributed by atoms with E-state index in [1.54, 1.807) is 6.20 Å². The van der Waals surface area contributed by atoms with Crippen molar-refractivity contribution in [3.8, 4) is 5.75 Å². The predicted molar refractivity (Wildman–Crippen MR) is 201 cm³/mol. The molecule has 2 heterocycles. The summed E-state index contributed by atoms with van der Waals surface area (Å²) in [4.78, 5) is 6.74. The molecule has 2 aliphatic heterocycles. The van der Waals surface area contributed by atoms with Crippen molar-refractivity contribution in [1.82, 2.24) is 0 Å². The lowest BCUT2D eigenvalue weighted by Gasteiger charge is -2.29. The zero-order valence-electron chi connectivity index (χ0n) is 26.7. The number of hydrogen-bond acceptors (Lipinski definition) is 4. The smallest absolute Gasteiger partial charge is 0.162 e. The zero-order chi connectivity index (χ0) is 32.7. The number of anilines is 3. The Kier molecular flexibility index (Phi) is 7.11. The standard InChI is InChI=1S/C44H32N4O/c45-43(42(29-10-2-1-3-11-29)39-28-46-24-25-47-39)30-18-20-33(21-19-30)48(34-22-23-41-38(27-34)37-16-8-9-17-40(37)49-41)44-35-14-6-4-12-31(35)26-32-13-5-7-15-36(32)44/h1-28,37,40,45,47H/p+1. The van der Waals surface area contributed by atoms with Crippen molar-refractivity contribution in [2.75, 3.05) is 4.90 Å². The van der Waals surface area contributed by atoms with Gasteiger partial charge in [-0.3, -0.25) is 15.7 Å². The van der Waals surface area contributed by atoms with Crippen LogP contribution in [-0.4, -0.2) is 18.0 Å². The van der Waals surface area contributed by atoms with E-state index in [0.717, 1.165) is 45.2 Å². The SMILES string of the molecule is N=C(C(=C1C=NC=C[NH2+]1)c1ccccc1)c1ccc(N(c2ccc3c(c2)C2C=CC=CC2O3)c2c3ccccc3cc3ccccc23)cc1. The largest absolute Gasteiger partial charge is 0.485 e. The Balaban J connectivity index is 1.21. The molecule has 0 aromatic heterocycles. The van der Waals surface area contributed by atoms with Crippen molar-refractivity contribution >= 4 is 56.1 Å². The number of quaternary nitrogens is 1. The number of hydrogen-bond donors (Lipinski definition) is 2. The van der Waals surface area contributed by atoms with Gasteiger partial charge in [-0.25, -0.2) is 0 Å². The molecular weight excluding hydrogens is 601 g/mol. The van der Waals surface area contributed by atoms with Gasteiger partial charge >= 0.3 is 0 Å². The van der Waals surface area contributed by atoms with Gasteiger partial charge in [-0.05, 0) is 58.8 Å². The highest BCUT2D eigenvalue weighted by atomic mass is 16.5. The number of allylic oxidation sites excluding steroid dienone is 4. The Morgan fingerprint density at radius 3 is 2.12 bits per heavy atom. The molecular formula is C44H33N4O+. The third kappa shape index (κ3) is 5.08. The molecule has 1 aliphatic carbocycles. The summed E-state index contributed by atoms with van der Waals surface area (Å²) < 4.78 is 6.35. The van der Waals surface area contributed by atoms with Crippen LogP contribution in [0.4, 0.5) is 17.1 Å². The predicted octanol–water partition coefficient (Wildman–Crippen LogP) is 9.33. The van der Waals surface area contributed by atoms with Gasteiger partial charge in [0, 0.05) is 39.2 Å². The average Bonchev–Trinajstić information content (AvgIpc) is 3.54. The molecule has 234 valence electrons. The van der Waals surface area contributed by atoms with Gasteiger partial charge in [-0.15, -0.1) is 0 Å². The van der Waals surface area contributed by atoms with Crippen LogP contribution in [0.5, 0.6) is 5.75 Å². The lowest BCUT2D eigenvalue weighted by atomic mass is 9.91. The number of benzene rings is 6. The minimum atomic E-state index is 0.0160. The summed E-state index contributed by atoms with van der Waals surface area (Å²) in [6.07, 6.45) is 14.1. The first kappa shape index (κ1) is 28.9. The van der Waals surface area contributed by atoms with Gasteiger partial charge in [0.05, 0.1) is 29.4 Å². The number of nitrogens with one attached hydrogen (secondary N) is 1. The van der Waals surface area contributed by atoms with Crippen LogP contribution in [0.2, 0.25) is 0 Å². The molecule has 3 N–H and O–H groups in total. The van der Waals surface area contributed by atoms with Gasteiger partial charge in [0.15, 0.2) is 5.70 Å². The lowest BCUT2D eigenvalue weighted by molar-refractivity contribution is -0.525. The second-order valence-corrected chi connectivity index (χ2v) is 12.5. The molecule has 5 nitrogen and oxygen atoms in total. The van der Waals surface area contributed by atoms with E-state index in [2.05, 4.69) is 143 Å². The summed E-state index contributed by atoms with van der Waals surface area (Å²) >= 11 is 0. The van der Waals surface area contributed by atoms with Crippen LogP contribution in [0.1, 0.15) is 22.6 Å². The molecule has 49 heavy (non-hydrogen) atoms. The van der Waals surface area contributed by atoms with E-state index in [1.165, 1.54) is 27.1 Å². The first-order valence-electron chi connectivity index (χ1n) is 16.6. The molecule has 0 radical (unpaired) electrons. The van der Waals surface area contributed by atoms with Crippen LogP contribution in [0.25, 0.3) is 27.1 Å². The summed E-state index contributed by atoms with van der Waals surface area (Å²) in [5, 5.41) is 16.2. The monoisotopic (exact) mass is 633 g/mol. The maximum absolute atomic E-state index is 9.45. The molecule has 0 spiro atoms. The molecule has 2 unspecified atom stereocenters. The van der Waals surface area contributed by atoms with Crippen LogP contribution in [0.15, 0.2) is 175 Å². The van der Waals surface area contributed by atoms with E-state index in [9.17, 15) is 5.41 Å². The van der Waals surface area contributed by atoms with E-state index in [0.29, 0.717) is 5.71 Å². The summed E-state index contributed by atoms with van der Waals surface area (Å²) in [6, 6.07) is 44.6. The van der Waals surface area contributed by atoms with Crippen LogP contribution in [-0.2, 0) is 0 Å². The fourth-order valence-electron chi connectivity index (χ4n) is 7.30. The van der Waals surface area contributed by atoms with Gasteiger partial charge in [-0.2, -0.15) is 0 Å². The van der Waals surface area contributed by atoms with Crippen LogP contribution < -0.4 is 15.0 Å². The van der Waals surface area contributed by atoms with E-state index < -0.39 is 0 Å². The summed E-state index contributed by atoms with van der Waals surface area (Å²) in [5.74, 6) is 1.11. The highest BCUT2D eigenvalue weighted by Gasteiger charge is 2.33. The number of fused-ring (bicyclic) bond motifs is 5. The molecule has 5 heteroatoms. The molecule has 0 saturated heterocycles. The fraction of sp³-hybridized carbons (Fsp3) is 0.0455. The highest BCUT2D eigenvalue weighted by molar-refractivity contribution is 6.32. The van der Waals surface area contributed by atoms with Crippen LogP contribution in [0, 0.1) is 5.41 Å². The minimum absolute atomic E-state index is 0.0160. The first-order valence-corrected chi connectivity index (χ1v) is 16.6. The second-order valence-electron chi connectivity index (χ2n) is 12.5. The summed E-state index contributed by atoms with van der Waals surface area (Å²) in [6.45, 7) is 0. The van der Waals surface area contributed by atoms with Gasteiger partial charge in [0.2, 0.25) is 0 Å². The molecule has 0 bridgehead atoms. The Bertz CT molecular complexity index is 2360. The molecule has 0 saturated carbocycles. The van der Waals surface area contributed by atoms with Gasteiger partial charge in [0.1, 0.15) is 18.1 Å². The van der Waals surface area contributed by atoms with E-state index in [-0.39, 0.29) is 12.0 Å². The van der Waals surface area contributed by atoms with E-state index >= 15 is 0 Å². The zero-order valence-corrected chi connectivity index (χ0v) is 26.7. The third-order valence-electron chi connectivity index (χ3n) is 9.60.